The highest BCUT2D eigenvalue weighted by molar-refractivity contribution is 6.04. The van der Waals surface area contributed by atoms with Gasteiger partial charge in [0.1, 0.15) is 23.7 Å². The number of pyridine rings is 1. The molecule has 3 aliphatic heterocycles. The molecule has 5 aromatic rings. The maximum absolute atomic E-state index is 14.8. The van der Waals surface area contributed by atoms with Gasteiger partial charge >= 0.3 is 12.2 Å². The number of amides is 1. The van der Waals surface area contributed by atoms with Crippen LogP contribution in [-0.2, 0) is 19.6 Å². The van der Waals surface area contributed by atoms with Crippen LogP contribution in [0.4, 0.5) is 33.9 Å². The van der Waals surface area contributed by atoms with Gasteiger partial charge < -0.3 is 23.7 Å². The first-order valence-electron chi connectivity index (χ1n) is 14.6. The standard InChI is InChI=1S/C31H27F4N9O/c1-39-7-5-17-9-25(41-13-18-8-19(11-36)44(23(18)14-41)30(45)43-15-37-12-24(43)32)42-6-3-4-20(28(17)42)26-21(31(33,34)35)10-22-27(29(26)39)38-16-40(22)2/h3-4,6,9-10,12,15-16,18-19,23H,5,7-8,13-14H2,1-2H3. The number of rotatable bonds is 1. The molecule has 1 amide bonds. The minimum absolute atomic E-state index is 0.0424. The van der Waals surface area contributed by atoms with Gasteiger partial charge in [-0.1, -0.05) is 6.07 Å². The predicted octanol–water partition coefficient (Wildman–Crippen LogP) is 4.91. The molecule has 45 heavy (non-hydrogen) atoms. The zero-order valence-corrected chi connectivity index (χ0v) is 24.3. The van der Waals surface area contributed by atoms with Crippen LogP contribution in [-0.4, -0.2) is 73.2 Å². The second-order valence-electron chi connectivity index (χ2n) is 12.1. The highest BCUT2D eigenvalue weighted by atomic mass is 19.4. The number of fused-ring (bicyclic) bond motifs is 5. The minimum atomic E-state index is -4.61. The van der Waals surface area contributed by atoms with E-state index in [2.05, 4.69) is 20.9 Å². The number of alkyl halides is 3. The summed E-state index contributed by atoms with van der Waals surface area (Å²) < 4.78 is 63.0. The third kappa shape index (κ3) is 3.89. The SMILES string of the molecule is CN1CCc2cc(N3CC4CC(C#N)N(C(=O)n5cncc5F)C4C3)n3cccc(c23)-c2c(C(F)(F)F)cc3c(ncn3C)c21. The maximum Gasteiger partial charge on any atom is 0.417 e. The summed E-state index contributed by atoms with van der Waals surface area (Å²) >= 11 is 0. The molecular weight excluding hydrogens is 590 g/mol. The Hall–Kier alpha value is -5.06. The quantitative estimate of drug-likeness (QED) is 0.249. The third-order valence-electron chi connectivity index (χ3n) is 9.63. The molecule has 230 valence electrons. The minimum Gasteiger partial charge on any atom is -0.372 e. The normalized spacial score (nSPS) is 21.3. The molecule has 4 aromatic heterocycles. The predicted molar refractivity (Wildman–Crippen MR) is 157 cm³/mol. The monoisotopic (exact) mass is 617 g/mol. The molecule has 2 fully saturated rings. The van der Waals surface area contributed by atoms with Crippen LogP contribution < -0.4 is 9.80 Å². The smallest absolute Gasteiger partial charge is 0.372 e. The zero-order valence-electron chi connectivity index (χ0n) is 24.3. The van der Waals surface area contributed by atoms with Crippen LogP contribution in [0.3, 0.4) is 0 Å². The molecule has 3 atom stereocenters. The van der Waals surface area contributed by atoms with E-state index in [0.717, 1.165) is 28.5 Å². The highest BCUT2D eigenvalue weighted by Gasteiger charge is 2.50. The van der Waals surface area contributed by atoms with E-state index in [-0.39, 0.29) is 17.5 Å². The summed E-state index contributed by atoms with van der Waals surface area (Å²) in [6.45, 7) is 1.40. The molecule has 0 N–H and O–H groups in total. The molecule has 7 heterocycles. The molecule has 0 spiro atoms. The first kappa shape index (κ1) is 27.5. The van der Waals surface area contributed by atoms with Gasteiger partial charge in [0.25, 0.3) is 0 Å². The van der Waals surface area contributed by atoms with Crippen molar-refractivity contribution in [3.63, 3.8) is 0 Å². The van der Waals surface area contributed by atoms with E-state index in [1.54, 1.807) is 30.8 Å². The number of halogens is 4. The molecule has 14 heteroatoms. The average Bonchev–Trinajstić information content (AvgIpc) is 3.82. The number of nitriles is 1. The number of hydrogen-bond acceptors (Lipinski definition) is 6. The largest absolute Gasteiger partial charge is 0.417 e. The molecule has 3 aliphatic rings. The summed E-state index contributed by atoms with van der Waals surface area (Å²) in [5, 5.41) is 9.84. The number of likely N-dealkylation sites (tertiary alicyclic amines) is 1. The number of anilines is 2. The molecule has 3 unspecified atom stereocenters. The van der Waals surface area contributed by atoms with Gasteiger partial charge in [-0.25, -0.2) is 19.3 Å². The van der Waals surface area contributed by atoms with E-state index in [1.165, 1.54) is 17.3 Å². The number of nitrogens with zero attached hydrogens (tertiary/aromatic N) is 9. The van der Waals surface area contributed by atoms with Gasteiger partial charge in [-0.15, -0.1) is 0 Å². The lowest BCUT2D eigenvalue weighted by atomic mass is 9.92. The van der Waals surface area contributed by atoms with Gasteiger partial charge in [0.15, 0.2) is 0 Å². The van der Waals surface area contributed by atoms with Crippen LogP contribution in [0.2, 0.25) is 0 Å². The van der Waals surface area contributed by atoms with Crippen molar-refractivity contribution in [2.24, 2.45) is 13.0 Å². The summed E-state index contributed by atoms with van der Waals surface area (Å²) in [4.78, 5) is 27.0. The van der Waals surface area contributed by atoms with Crippen LogP contribution in [0.1, 0.15) is 17.5 Å². The lowest BCUT2D eigenvalue weighted by Gasteiger charge is -2.29. The molecule has 2 saturated heterocycles. The van der Waals surface area contributed by atoms with E-state index >= 15 is 0 Å². The van der Waals surface area contributed by atoms with Gasteiger partial charge in [-0.05, 0) is 36.6 Å². The number of aromatic nitrogens is 5. The summed E-state index contributed by atoms with van der Waals surface area (Å²) in [6.07, 6.45) is 1.85. The summed E-state index contributed by atoms with van der Waals surface area (Å²) in [6, 6.07) is 7.21. The van der Waals surface area contributed by atoms with E-state index in [9.17, 15) is 27.6 Å². The second-order valence-corrected chi connectivity index (χ2v) is 12.1. The van der Waals surface area contributed by atoms with Gasteiger partial charge in [0.05, 0.1) is 46.9 Å². The number of benzene rings is 1. The summed E-state index contributed by atoms with van der Waals surface area (Å²) in [7, 11) is 3.49. The van der Waals surface area contributed by atoms with Crippen molar-refractivity contribution in [3.05, 3.63) is 66.4 Å². The Morgan fingerprint density at radius 3 is 2.71 bits per heavy atom. The van der Waals surface area contributed by atoms with Crippen molar-refractivity contribution in [1.29, 1.82) is 5.26 Å². The fraction of sp³-hybridized carbons (Fsp3) is 0.355. The van der Waals surface area contributed by atoms with Crippen LogP contribution >= 0.6 is 0 Å². The van der Waals surface area contributed by atoms with E-state index in [0.29, 0.717) is 60.3 Å². The Balaban J connectivity index is 1.26. The van der Waals surface area contributed by atoms with Gasteiger partial charge in [-0.2, -0.15) is 22.8 Å². The Bertz CT molecular complexity index is 2070. The van der Waals surface area contributed by atoms with Crippen LogP contribution in [0, 0.1) is 23.2 Å². The van der Waals surface area contributed by atoms with Gasteiger partial charge in [0, 0.05) is 57.0 Å². The number of imidazole rings is 2. The summed E-state index contributed by atoms with van der Waals surface area (Å²) in [5.41, 5.74) is 2.82. The topological polar surface area (TPSA) is 90.6 Å². The number of hydrogen-bond donors (Lipinski definition) is 0. The first-order valence-corrected chi connectivity index (χ1v) is 14.6. The Morgan fingerprint density at radius 2 is 1.98 bits per heavy atom. The fourth-order valence-electron chi connectivity index (χ4n) is 7.63. The number of likely N-dealkylation sites (N-methyl/N-ethyl adjacent to an activating group) is 1. The molecular formula is C31H27F4N9O. The number of aryl methyl sites for hydroxylation is 1. The van der Waals surface area contributed by atoms with Crippen LogP contribution in [0.25, 0.3) is 27.7 Å². The third-order valence-corrected chi connectivity index (χ3v) is 9.63. The van der Waals surface area contributed by atoms with Crippen molar-refractivity contribution in [1.82, 2.24) is 28.4 Å². The van der Waals surface area contributed by atoms with Crippen LogP contribution in [0.5, 0.6) is 0 Å². The lowest BCUT2D eigenvalue weighted by Crippen LogP contribution is -2.46. The number of carbonyl (C=O) groups excluding carboxylic acids is 1. The summed E-state index contributed by atoms with van der Waals surface area (Å²) in [5.74, 6) is -0.0505. The molecule has 1 aromatic carbocycles. The van der Waals surface area contributed by atoms with E-state index < -0.39 is 29.8 Å². The van der Waals surface area contributed by atoms with Crippen molar-refractivity contribution >= 4 is 34.1 Å². The first-order chi connectivity index (χ1) is 21.6. The van der Waals surface area contributed by atoms with Crippen molar-refractivity contribution in [3.8, 4) is 17.2 Å². The molecule has 0 aliphatic carbocycles. The number of carbonyl (C=O) groups is 1. The molecule has 10 nitrogen and oxygen atoms in total. The Labute approximate surface area is 254 Å². The fourth-order valence-corrected chi connectivity index (χ4v) is 7.63. The Morgan fingerprint density at radius 1 is 1.16 bits per heavy atom. The molecule has 0 saturated carbocycles. The molecule has 0 radical (unpaired) electrons. The zero-order chi connectivity index (χ0) is 31.4. The van der Waals surface area contributed by atoms with Crippen molar-refractivity contribution in [2.45, 2.75) is 31.1 Å². The van der Waals surface area contributed by atoms with E-state index in [4.69, 9.17) is 0 Å². The second kappa shape index (κ2) is 9.47. The van der Waals surface area contributed by atoms with Crippen molar-refractivity contribution < 1.29 is 22.4 Å². The highest BCUT2D eigenvalue weighted by Crippen LogP contribution is 2.49. The lowest BCUT2D eigenvalue weighted by molar-refractivity contribution is -0.137. The molecule has 0 bridgehead atoms. The average molecular weight is 618 g/mol. The van der Waals surface area contributed by atoms with Crippen molar-refractivity contribution in [2.75, 3.05) is 36.5 Å². The van der Waals surface area contributed by atoms with E-state index in [1.807, 2.05) is 21.6 Å². The van der Waals surface area contributed by atoms with Gasteiger partial charge in [-0.3, -0.25) is 0 Å². The van der Waals surface area contributed by atoms with Gasteiger partial charge in [0.2, 0.25) is 5.95 Å². The molecule has 8 rings (SSSR count). The van der Waals surface area contributed by atoms with Crippen LogP contribution in [0.15, 0.2) is 49.3 Å². The Kier molecular flexibility index (Phi) is 5.78. The maximum atomic E-state index is 14.8.